The van der Waals surface area contributed by atoms with E-state index >= 15 is 0 Å². The van der Waals surface area contributed by atoms with Crippen LogP contribution in [0.2, 0.25) is 0 Å². The summed E-state index contributed by atoms with van der Waals surface area (Å²) >= 11 is 0. The van der Waals surface area contributed by atoms with Gasteiger partial charge in [0, 0.05) is 5.54 Å². The van der Waals surface area contributed by atoms with Crippen LogP contribution in [0.3, 0.4) is 0 Å². The molecule has 0 aliphatic carbocycles. The van der Waals surface area contributed by atoms with Crippen LogP contribution in [0.5, 0.6) is 0 Å². The molecule has 109 valence electrons. The number of esters is 1. The molecule has 1 aromatic carbocycles. The highest BCUT2D eigenvalue weighted by Crippen LogP contribution is 2.14. The predicted octanol–water partition coefficient (Wildman–Crippen LogP) is 2.76. The maximum absolute atomic E-state index is 11.8. The molecule has 0 heterocycles. The van der Waals surface area contributed by atoms with E-state index in [-0.39, 0.29) is 13.2 Å². The number of ether oxygens (including phenoxy) is 2. The molecule has 1 aromatic rings. The molecule has 0 aromatic heterocycles. The molecule has 1 rings (SSSR count). The van der Waals surface area contributed by atoms with Crippen molar-refractivity contribution >= 4 is 12.1 Å². The Kier molecular flexibility index (Phi) is 5.55. The molecular formula is C15H20NO4. The first-order valence-corrected chi connectivity index (χ1v) is 6.28. The number of benzene rings is 1. The fraction of sp³-hybridized carbons (Fsp3) is 0.400. The van der Waals surface area contributed by atoms with E-state index in [1.54, 1.807) is 20.8 Å². The van der Waals surface area contributed by atoms with Crippen molar-refractivity contribution in [1.82, 2.24) is 4.90 Å². The molecule has 0 unspecified atom stereocenters. The summed E-state index contributed by atoms with van der Waals surface area (Å²) in [6.07, 6.45) is -0.658. The van der Waals surface area contributed by atoms with Crippen molar-refractivity contribution < 1.29 is 19.1 Å². The second-order valence-electron chi connectivity index (χ2n) is 5.31. The van der Waals surface area contributed by atoms with Gasteiger partial charge >= 0.3 is 12.1 Å². The molecule has 0 saturated heterocycles. The maximum Gasteiger partial charge on any atom is 0.410 e. The van der Waals surface area contributed by atoms with Gasteiger partial charge in [-0.25, -0.2) is 4.79 Å². The first kappa shape index (κ1) is 16.0. The van der Waals surface area contributed by atoms with Gasteiger partial charge in [0.05, 0.1) is 0 Å². The molecular weight excluding hydrogens is 258 g/mol. The summed E-state index contributed by atoms with van der Waals surface area (Å²) in [4.78, 5) is 24.7. The van der Waals surface area contributed by atoms with Gasteiger partial charge in [0.1, 0.15) is 20.3 Å². The number of nitrogens with zero attached hydrogens (tertiary/aromatic N) is 1. The van der Waals surface area contributed by atoms with Crippen LogP contribution in [0.1, 0.15) is 26.3 Å². The molecule has 1 radical (unpaired) electrons. The summed E-state index contributed by atoms with van der Waals surface area (Å²) in [5.74, 6) is -0.492. The van der Waals surface area contributed by atoms with Gasteiger partial charge in [-0.1, -0.05) is 30.3 Å². The Labute approximate surface area is 119 Å². The third-order valence-corrected chi connectivity index (χ3v) is 2.68. The lowest BCUT2D eigenvalue weighted by Gasteiger charge is -2.33. The summed E-state index contributed by atoms with van der Waals surface area (Å²) in [6.45, 7) is 5.40. The van der Waals surface area contributed by atoms with Crippen molar-refractivity contribution in [1.29, 1.82) is 0 Å². The number of amides is 1. The standard InChI is InChI=1S/C15H20NO4/c1-15(2,3)16(14(18)19-4)10-13(17)20-11-12-8-6-5-7-9-12/h5-9H,4,10-11H2,1-3H3. The maximum atomic E-state index is 11.8. The highest BCUT2D eigenvalue weighted by atomic mass is 16.5. The minimum Gasteiger partial charge on any atom is -0.459 e. The Morgan fingerprint density at radius 3 is 2.30 bits per heavy atom. The number of hydrogen-bond donors (Lipinski definition) is 0. The van der Waals surface area contributed by atoms with Gasteiger partial charge in [-0.2, -0.15) is 0 Å². The topological polar surface area (TPSA) is 55.8 Å². The van der Waals surface area contributed by atoms with E-state index in [1.807, 2.05) is 30.3 Å². The van der Waals surface area contributed by atoms with Crippen molar-refractivity contribution in [3.05, 3.63) is 43.0 Å². The van der Waals surface area contributed by atoms with Crippen LogP contribution in [-0.2, 0) is 20.9 Å². The van der Waals surface area contributed by atoms with Crippen molar-refractivity contribution in [3.8, 4) is 0 Å². The molecule has 1 amide bonds. The van der Waals surface area contributed by atoms with E-state index in [0.29, 0.717) is 0 Å². The van der Waals surface area contributed by atoms with E-state index in [1.165, 1.54) is 4.90 Å². The molecule has 20 heavy (non-hydrogen) atoms. The van der Waals surface area contributed by atoms with Crippen molar-refractivity contribution in [2.45, 2.75) is 32.9 Å². The Balaban J connectivity index is 2.57. The van der Waals surface area contributed by atoms with E-state index in [2.05, 4.69) is 11.8 Å². The third-order valence-electron chi connectivity index (χ3n) is 2.68. The van der Waals surface area contributed by atoms with Crippen LogP contribution >= 0.6 is 0 Å². The fourth-order valence-corrected chi connectivity index (χ4v) is 1.57. The van der Waals surface area contributed by atoms with Crippen molar-refractivity contribution in [2.24, 2.45) is 0 Å². The van der Waals surface area contributed by atoms with Gasteiger partial charge in [-0.05, 0) is 26.3 Å². The van der Waals surface area contributed by atoms with Crippen LogP contribution in [0, 0.1) is 7.11 Å². The third kappa shape index (κ3) is 4.91. The van der Waals surface area contributed by atoms with E-state index in [9.17, 15) is 9.59 Å². The van der Waals surface area contributed by atoms with Gasteiger partial charge in [0.25, 0.3) is 0 Å². The molecule has 0 aliphatic heterocycles. The Morgan fingerprint density at radius 1 is 1.20 bits per heavy atom. The zero-order valence-corrected chi connectivity index (χ0v) is 12.1. The van der Waals surface area contributed by atoms with E-state index in [4.69, 9.17) is 4.74 Å². The molecule has 0 saturated carbocycles. The van der Waals surface area contributed by atoms with Gasteiger partial charge < -0.3 is 9.47 Å². The minimum atomic E-state index is -0.658. The normalized spacial score (nSPS) is 10.8. The number of carbonyl (C=O) groups is 2. The molecule has 0 N–H and O–H groups in total. The molecule has 0 spiro atoms. The molecule has 0 bridgehead atoms. The molecule has 0 atom stereocenters. The summed E-state index contributed by atoms with van der Waals surface area (Å²) in [7, 11) is 3.08. The van der Waals surface area contributed by atoms with Crippen LogP contribution in [0.15, 0.2) is 30.3 Å². The van der Waals surface area contributed by atoms with Crippen molar-refractivity contribution in [2.75, 3.05) is 6.54 Å². The number of carbonyl (C=O) groups excluding carboxylic acids is 2. The largest absolute Gasteiger partial charge is 0.459 e. The molecule has 5 heteroatoms. The lowest BCUT2D eigenvalue weighted by molar-refractivity contribution is -0.147. The lowest BCUT2D eigenvalue weighted by atomic mass is 10.1. The monoisotopic (exact) mass is 278 g/mol. The smallest absolute Gasteiger partial charge is 0.410 e. The summed E-state index contributed by atoms with van der Waals surface area (Å²) in [5, 5.41) is 0. The molecule has 5 nitrogen and oxygen atoms in total. The van der Waals surface area contributed by atoms with E-state index in [0.717, 1.165) is 5.56 Å². The highest BCUT2D eigenvalue weighted by Gasteiger charge is 2.29. The van der Waals surface area contributed by atoms with Gasteiger partial charge in [0.15, 0.2) is 0 Å². The lowest BCUT2D eigenvalue weighted by Crippen LogP contribution is -2.48. The fourth-order valence-electron chi connectivity index (χ4n) is 1.57. The van der Waals surface area contributed by atoms with Gasteiger partial charge in [0.2, 0.25) is 0 Å². The second-order valence-corrected chi connectivity index (χ2v) is 5.31. The van der Waals surface area contributed by atoms with Crippen LogP contribution in [-0.4, -0.2) is 29.0 Å². The molecule has 0 fully saturated rings. The van der Waals surface area contributed by atoms with Crippen LogP contribution < -0.4 is 0 Å². The number of rotatable bonds is 4. The zero-order chi connectivity index (χ0) is 15.2. The van der Waals surface area contributed by atoms with Crippen LogP contribution in [0.25, 0.3) is 0 Å². The Morgan fingerprint density at radius 2 is 1.80 bits per heavy atom. The van der Waals surface area contributed by atoms with Crippen LogP contribution in [0.4, 0.5) is 4.79 Å². The first-order valence-electron chi connectivity index (χ1n) is 6.28. The average molecular weight is 278 g/mol. The second kappa shape index (κ2) is 6.93. The van der Waals surface area contributed by atoms with Crippen molar-refractivity contribution in [3.63, 3.8) is 0 Å². The summed E-state index contributed by atoms with van der Waals surface area (Å²) in [5.41, 5.74) is 0.337. The minimum absolute atomic E-state index is 0.176. The average Bonchev–Trinajstić information content (AvgIpc) is 2.41. The zero-order valence-electron chi connectivity index (χ0n) is 12.1. The van der Waals surface area contributed by atoms with Gasteiger partial charge in [-0.15, -0.1) is 0 Å². The molecule has 0 aliphatic rings. The quantitative estimate of drug-likeness (QED) is 0.795. The number of hydrogen-bond acceptors (Lipinski definition) is 4. The highest BCUT2D eigenvalue weighted by molar-refractivity contribution is 5.78. The van der Waals surface area contributed by atoms with E-state index < -0.39 is 17.6 Å². The Bertz CT molecular complexity index is 451. The van der Waals surface area contributed by atoms with Gasteiger partial charge in [-0.3, -0.25) is 9.69 Å². The SMILES string of the molecule is [CH2]OC(=O)N(CC(=O)OCc1ccccc1)C(C)(C)C. The predicted molar refractivity (Wildman–Crippen MR) is 74.5 cm³/mol. The first-order chi connectivity index (χ1) is 9.34. The summed E-state index contributed by atoms with van der Waals surface area (Å²) in [6, 6.07) is 9.34. The summed E-state index contributed by atoms with van der Waals surface area (Å²) < 4.78 is 9.57. The Hall–Kier alpha value is -2.04.